The maximum atomic E-state index is 12.8. The fourth-order valence-corrected chi connectivity index (χ4v) is 4.14. The summed E-state index contributed by atoms with van der Waals surface area (Å²) in [5.41, 5.74) is 6.83. The molecule has 1 saturated carbocycles. The van der Waals surface area contributed by atoms with E-state index in [0.717, 1.165) is 38.6 Å². The highest BCUT2D eigenvalue weighted by Gasteiger charge is 2.45. The first-order valence-corrected chi connectivity index (χ1v) is 10.1. The minimum absolute atomic E-state index is 0.0370. The van der Waals surface area contributed by atoms with Crippen LogP contribution in [-0.2, 0) is 9.59 Å². The number of unbranched alkanes of at least 4 members (excludes halogenated alkanes) is 3. The van der Waals surface area contributed by atoms with Crippen LogP contribution in [0.2, 0.25) is 0 Å². The van der Waals surface area contributed by atoms with Crippen LogP contribution in [0.25, 0.3) is 0 Å². The number of hydrogen-bond acceptors (Lipinski definition) is 4. The van der Waals surface area contributed by atoms with E-state index in [-0.39, 0.29) is 30.4 Å². The molecular weight excluding hydrogens is 342 g/mol. The molecule has 1 aliphatic heterocycles. The van der Waals surface area contributed by atoms with Crippen LogP contribution in [0, 0.1) is 11.8 Å². The van der Waals surface area contributed by atoms with E-state index >= 15 is 0 Å². The Labute approximate surface area is 161 Å². The SMILES string of the molecule is NC(=O)C1CN(CCCCCCO)CC1C(=O)N[C@H]1C[C@@H]1c1ccccc1. The molecule has 2 fully saturated rings. The smallest absolute Gasteiger partial charge is 0.225 e. The van der Waals surface area contributed by atoms with Crippen LogP contribution < -0.4 is 11.1 Å². The molecule has 3 rings (SSSR count). The first kappa shape index (κ1) is 19.8. The van der Waals surface area contributed by atoms with Gasteiger partial charge in [-0.3, -0.25) is 9.59 Å². The zero-order valence-electron chi connectivity index (χ0n) is 15.8. The molecule has 4 atom stereocenters. The van der Waals surface area contributed by atoms with Crippen molar-refractivity contribution in [3.63, 3.8) is 0 Å². The van der Waals surface area contributed by atoms with Crippen molar-refractivity contribution in [1.29, 1.82) is 0 Å². The van der Waals surface area contributed by atoms with Crippen LogP contribution in [-0.4, -0.2) is 54.1 Å². The van der Waals surface area contributed by atoms with Crippen molar-refractivity contribution in [1.82, 2.24) is 10.2 Å². The van der Waals surface area contributed by atoms with Gasteiger partial charge in [-0.1, -0.05) is 43.2 Å². The van der Waals surface area contributed by atoms with Gasteiger partial charge in [-0.15, -0.1) is 0 Å². The summed E-state index contributed by atoms with van der Waals surface area (Å²) >= 11 is 0. The molecule has 0 radical (unpaired) electrons. The average molecular weight is 373 g/mol. The molecule has 0 bridgehead atoms. The molecule has 0 spiro atoms. The molecule has 6 nitrogen and oxygen atoms in total. The Bertz CT molecular complexity index is 637. The molecule has 1 aliphatic carbocycles. The molecule has 2 amide bonds. The minimum atomic E-state index is -0.406. The highest BCUT2D eigenvalue weighted by molar-refractivity contribution is 5.88. The molecule has 148 valence electrons. The largest absolute Gasteiger partial charge is 0.396 e. The predicted molar refractivity (Wildman–Crippen MR) is 104 cm³/mol. The normalized spacial score (nSPS) is 27.4. The van der Waals surface area contributed by atoms with Crippen LogP contribution in [0.1, 0.15) is 43.6 Å². The maximum absolute atomic E-state index is 12.8. The number of nitrogens with zero attached hydrogens (tertiary/aromatic N) is 1. The molecular formula is C21H31N3O3. The van der Waals surface area contributed by atoms with Crippen molar-refractivity contribution in [2.45, 2.75) is 44.1 Å². The number of primary amides is 1. The standard InChI is InChI=1S/C21H31N3O3/c22-20(26)17-13-24(10-6-1-2-7-11-25)14-18(17)21(27)23-19-12-16(19)15-8-4-3-5-9-15/h3-5,8-9,16-19,25H,1-2,6-7,10-14H2,(H2,22,26)(H,23,27)/t16-,17?,18?,19+/m1/s1. The lowest BCUT2D eigenvalue weighted by Gasteiger charge is -2.16. The van der Waals surface area contributed by atoms with E-state index < -0.39 is 5.92 Å². The molecule has 2 unspecified atom stereocenters. The Hall–Kier alpha value is -1.92. The number of aliphatic hydroxyl groups is 1. The van der Waals surface area contributed by atoms with Crippen LogP contribution in [0.4, 0.5) is 0 Å². The highest BCUT2D eigenvalue weighted by Crippen LogP contribution is 2.41. The summed E-state index contributed by atoms with van der Waals surface area (Å²) in [6.45, 7) is 2.28. The number of carbonyl (C=O) groups is 2. The number of hydrogen-bond donors (Lipinski definition) is 3. The molecule has 27 heavy (non-hydrogen) atoms. The minimum Gasteiger partial charge on any atom is -0.396 e. The Morgan fingerprint density at radius 2 is 1.78 bits per heavy atom. The second-order valence-electron chi connectivity index (χ2n) is 7.88. The van der Waals surface area contributed by atoms with Gasteiger partial charge in [-0.05, 0) is 31.4 Å². The van der Waals surface area contributed by atoms with E-state index in [1.165, 1.54) is 5.56 Å². The molecule has 6 heteroatoms. The Morgan fingerprint density at radius 1 is 1.07 bits per heavy atom. The van der Waals surface area contributed by atoms with Gasteiger partial charge in [0.15, 0.2) is 0 Å². The van der Waals surface area contributed by atoms with E-state index in [1.807, 2.05) is 18.2 Å². The van der Waals surface area contributed by atoms with Crippen LogP contribution in [0.15, 0.2) is 30.3 Å². The second kappa shape index (κ2) is 9.33. The first-order valence-electron chi connectivity index (χ1n) is 10.1. The third kappa shape index (κ3) is 5.30. The molecule has 4 N–H and O–H groups in total. The summed E-state index contributed by atoms with van der Waals surface area (Å²) in [7, 11) is 0. The second-order valence-corrected chi connectivity index (χ2v) is 7.88. The van der Waals surface area contributed by atoms with Crippen molar-refractivity contribution in [2.24, 2.45) is 17.6 Å². The van der Waals surface area contributed by atoms with Gasteiger partial charge in [-0.25, -0.2) is 0 Å². The highest BCUT2D eigenvalue weighted by atomic mass is 16.3. The van der Waals surface area contributed by atoms with Gasteiger partial charge in [0.1, 0.15) is 0 Å². The number of benzene rings is 1. The lowest BCUT2D eigenvalue weighted by molar-refractivity contribution is -0.131. The number of aliphatic hydroxyl groups excluding tert-OH is 1. The third-order valence-corrected chi connectivity index (χ3v) is 5.83. The van der Waals surface area contributed by atoms with E-state index in [1.54, 1.807) is 0 Å². The summed E-state index contributed by atoms with van der Waals surface area (Å²) in [6.07, 6.45) is 4.86. The molecule has 1 heterocycles. The van der Waals surface area contributed by atoms with E-state index in [2.05, 4.69) is 22.3 Å². The zero-order chi connectivity index (χ0) is 19.2. The van der Waals surface area contributed by atoms with Crippen molar-refractivity contribution in [2.75, 3.05) is 26.2 Å². The number of nitrogens with two attached hydrogens (primary N) is 1. The van der Waals surface area contributed by atoms with Crippen molar-refractivity contribution in [3.05, 3.63) is 35.9 Å². The number of amides is 2. The number of likely N-dealkylation sites (tertiary alicyclic amines) is 1. The fourth-order valence-electron chi connectivity index (χ4n) is 4.14. The van der Waals surface area contributed by atoms with Crippen molar-refractivity contribution in [3.8, 4) is 0 Å². The van der Waals surface area contributed by atoms with E-state index in [9.17, 15) is 9.59 Å². The fraction of sp³-hybridized carbons (Fsp3) is 0.619. The van der Waals surface area contributed by atoms with Crippen LogP contribution >= 0.6 is 0 Å². The molecule has 1 aromatic carbocycles. The summed E-state index contributed by atoms with van der Waals surface area (Å²) in [5, 5.41) is 12.0. The lowest BCUT2D eigenvalue weighted by atomic mass is 9.94. The summed E-state index contributed by atoms with van der Waals surface area (Å²) < 4.78 is 0. The van der Waals surface area contributed by atoms with Gasteiger partial charge in [0.05, 0.1) is 11.8 Å². The van der Waals surface area contributed by atoms with Gasteiger partial charge >= 0.3 is 0 Å². The average Bonchev–Trinajstić information content (AvgIpc) is 3.29. The molecule has 1 saturated heterocycles. The van der Waals surface area contributed by atoms with Crippen molar-refractivity contribution >= 4 is 11.8 Å². The van der Waals surface area contributed by atoms with E-state index in [4.69, 9.17) is 10.8 Å². The van der Waals surface area contributed by atoms with Crippen LogP contribution in [0.3, 0.4) is 0 Å². The van der Waals surface area contributed by atoms with E-state index in [0.29, 0.717) is 19.0 Å². The predicted octanol–water partition coefficient (Wildman–Crippen LogP) is 1.24. The zero-order valence-corrected chi connectivity index (χ0v) is 15.8. The maximum Gasteiger partial charge on any atom is 0.225 e. The number of rotatable bonds is 10. The van der Waals surface area contributed by atoms with Gasteiger partial charge in [-0.2, -0.15) is 0 Å². The molecule has 0 aromatic heterocycles. The monoisotopic (exact) mass is 373 g/mol. The van der Waals surface area contributed by atoms with Gasteiger partial charge < -0.3 is 21.1 Å². The summed E-state index contributed by atoms with van der Waals surface area (Å²) in [6, 6.07) is 10.4. The topological polar surface area (TPSA) is 95.7 Å². The quantitative estimate of drug-likeness (QED) is 0.538. The molecule has 1 aromatic rings. The summed E-state index contributed by atoms with van der Waals surface area (Å²) in [4.78, 5) is 26.8. The number of nitrogens with one attached hydrogen (secondary N) is 1. The Balaban J connectivity index is 1.48. The number of carbonyl (C=O) groups excluding carboxylic acids is 2. The Kier molecular flexibility index (Phi) is 6.85. The van der Waals surface area contributed by atoms with Gasteiger partial charge in [0.25, 0.3) is 0 Å². The molecule has 2 aliphatic rings. The first-order chi connectivity index (χ1) is 13.1. The van der Waals surface area contributed by atoms with Gasteiger partial charge in [0.2, 0.25) is 11.8 Å². The lowest BCUT2D eigenvalue weighted by Crippen LogP contribution is -2.40. The van der Waals surface area contributed by atoms with Gasteiger partial charge in [0, 0.05) is 31.7 Å². The van der Waals surface area contributed by atoms with Crippen molar-refractivity contribution < 1.29 is 14.7 Å². The Morgan fingerprint density at radius 3 is 2.48 bits per heavy atom. The summed E-state index contributed by atoms with van der Waals surface area (Å²) in [5.74, 6) is -0.794. The van der Waals surface area contributed by atoms with Crippen LogP contribution in [0.5, 0.6) is 0 Å². The third-order valence-electron chi connectivity index (χ3n) is 5.83.